The molecule has 0 bridgehead atoms. The van der Waals surface area contributed by atoms with Crippen molar-refractivity contribution in [2.75, 3.05) is 37.8 Å². The van der Waals surface area contributed by atoms with Crippen molar-refractivity contribution in [1.82, 2.24) is 30.2 Å². The lowest BCUT2D eigenvalue weighted by atomic mass is 9.87. The van der Waals surface area contributed by atoms with Crippen molar-refractivity contribution in [3.63, 3.8) is 0 Å². The third-order valence-corrected chi connectivity index (χ3v) is 14.4. The molecule has 1 aliphatic rings. The highest BCUT2D eigenvalue weighted by Crippen LogP contribution is 2.63. The van der Waals surface area contributed by atoms with Gasteiger partial charge in [-0.15, -0.1) is 9.35 Å². The number of hydrogen-bond acceptors (Lipinski definition) is 21. The summed E-state index contributed by atoms with van der Waals surface area (Å²) in [5, 5.41) is 35.9. The topological polar surface area (TPSA) is 382 Å². The molecule has 0 aliphatic carbocycles. The number of ether oxygens (including phenoxy) is 1. The van der Waals surface area contributed by atoms with E-state index >= 15 is 0 Å². The second-order valence-electron chi connectivity index (χ2n) is 16.4. The van der Waals surface area contributed by atoms with Crippen LogP contribution < -0.4 is 16.4 Å². The number of hydrogen-bond donors (Lipinski definition) is 9. The van der Waals surface area contributed by atoms with Gasteiger partial charge in [-0.05, 0) is 6.42 Å². The summed E-state index contributed by atoms with van der Waals surface area (Å²) >= 11 is 1.15. The van der Waals surface area contributed by atoms with Gasteiger partial charge in [0.2, 0.25) is 11.8 Å². The first-order valence-electron chi connectivity index (χ1n) is 21.9. The molecule has 26 nitrogen and oxygen atoms in total. The highest BCUT2D eigenvalue weighted by molar-refractivity contribution is 8.13. The molecule has 3 rings (SSSR count). The van der Waals surface area contributed by atoms with Gasteiger partial charge in [0.05, 0.1) is 19.5 Å². The standard InChI is InChI=1S/C37H66N7O19P3S/c1-4-5-6-7-8-9-10-11-12-13-14-15-16-17-28(46)67-21-20-39-27(45)18-19-40-35(49)32(48)37(2,3)23-57-62-66(56,61-50)63-65(54,55)58-22-26-31(60-64(51,52)53)30(47)36(59-26)44-25-43-29-33(38)41-24-42-34(29)44/h24-26,30-32,36,47-48,50H,4-23H2,1-3H3,(H,39,45)(H,40,49)(H,54,55)(H2,38,41,42)(H2,51,52,53). The Morgan fingerprint density at radius 1 is 0.925 bits per heavy atom. The van der Waals surface area contributed by atoms with E-state index in [1.54, 1.807) is 0 Å². The summed E-state index contributed by atoms with van der Waals surface area (Å²) in [4.78, 5) is 82.8. The van der Waals surface area contributed by atoms with Crippen LogP contribution in [0.4, 0.5) is 5.82 Å². The van der Waals surface area contributed by atoms with Crippen molar-refractivity contribution >= 4 is 69.1 Å². The molecular formula is C37H66N7O19P3S. The molecule has 1 fully saturated rings. The number of thioether (sulfide) groups is 1. The minimum absolute atomic E-state index is 0.0182. The van der Waals surface area contributed by atoms with Gasteiger partial charge in [-0.1, -0.05) is 110 Å². The summed E-state index contributed by atoms with van der Waals surface area (Å²) in [6.45, 7) is 2.94. The first kappa shape index (κ1) is 58.8. The first-order valence-corrected chi connectivity index (χ1v) is 27.4. The Hall–Kier alpha value is -2.52. The molecule has 2 amide bonds. The molecule has 0 saturated carbocycles. The summed E-state index contributed by atoms with van der Waals surface area (Å²) < 4.78 is 65.8. The lowest BCUT2D eigenvalue weighted by Crippen LogP contribution is -2.46. The molecule has 0 spiro atoms. The zero-order chi connectivity index (χ0) is 49.7. The van der Waals surface area contributed by atoms with E-state index in [0.717, 1.165) is 48.2 Å². The number of nitrogens with two attached hydrogens (primary N) is 1. The normalized spacial score (nSPS) is 20.1. The van der Waals surface area contributed by atoms with E-state index in [1.807, 2.05) is 0 Å². The molecule has 384 valence electrons. The van der Waals surface area contributed by atoms with Crippen LogP contribution in [0.5, 0.6) is 0 Å². The van der Waals surface area contributed by atoms with E-state index in [1.165, 1.54) is 78.1 Å². The number of phosphoric ester groups is 2. The predicted molar refractivity (Wildman–Crippen MR) is 240 cm³/mol. The minimum atomic E-state index is -5.65. The minimum Gasteiger partial charge on any atom is -0.386 e. The van der Waals surface area contributed by atoms with Gasteiger partial charge in [0.25, 0.3) is 0 Å². The zero-order valence-corrected chi connectivity index (χ0v) is 41.3. The summed E-state index contributed by atoms with van der Waals surface area (Å²) in [5.41, 5.74) is 4.32. The van der Waals surface area contributed by atoms with Crippen LogP contribution in [0.3, 0.4) is 0 Å². The maximum absolute atomic E-state index is 12.8. The number of anilines is 1. The van der Waals surface area contributed by atoms with Crippen LogP contribution in [0.15, 0.2) is 12.7 Å². The molecular weight excluding hydrogens is 971 g/mol. The summed E-state index contributed by atoms with van der Waals surface area (Å²) in [7, 11) is -16.6. The average molecular weight is 1040 g/mol. The Bertz CT molecular complexity index is 2000. The van der Waals surface area contributed by atoms with Crippen LogP contribution >= 0.6 is 35.2 Å². The van der Waals surface area contributed by atoms with Crippen LogP contribution in [0, 0.1) is 5.41 Å². The Morgan fingerprint density at radius 2 is 1.55 bits per heavy atom. The Balaban J connectivity index is 1.33. The smallest absolute Gasteiger partial charge is 0.386 e. The van der Waals surface area contributed by atoms with Gasteiger partial charge in [0, 0.05) is 37.1 Å². The SMILES string of the molecule is CCCCCCCCCCCCCCCC(=O)SCCNC(=O)CCNC(=O)C(O)C(C)(C)COOP(=O)(OO)OP(=O)(O)OCC1OC(n2cnc3c(N)ncnc32)C(O)C1OP(=O)(O)O. The number of aromatic nitrogens is 4. The number of aliphatic hydroxyl groups is 2. The van der Waals surface area contributed by atoms with E-state index in [-0.39, 0.29) is 41.6 Å². The number of carbonyl (C=O) groups is 3. The largest absolute Gasteiger partial charge is 0.538 e. The van der Waals surface area contributed by atoms with Crippen LogP contribution in [-0.2, 0) is 60.4 Å². The number of aliphatic hydroxyl groups excluding tert-OH is 2. The summed E-state index contributed by atoms with van der Waals surface area (Å²) in [5.74, 6) is -1.01. The van der Waals surface area contributed by atoms with Crippen molar-refractivity contribution in [2.24, 2.45) is 5.41 Å². The summed E-state index contributed by atoms with van der Waals surface area (Å²) in [6, 6.07) is 0. The molecule has 2 aromatic rings. The van der Waals surface area contributed by atoms with Crippen LogP contribution in [0.25, 0.3) is 11.2 Å². The Morgan fingerprint density at radius 3 is 2.16 bits per heavy atom. The van der Waals surface area contributed by atoms with E-state index in [0.29, 0.717) is 12.2 Å². The highest BCUT2D eigenvalue weighted by Gasteiger charge is 2.50. The van der Waals surface area contributed by atoms with Crippen molar-refractivity contribution in [1.29, 1.82) is 0 Å². The molecule has 3 heterocycles. The van der Waals surface area contributed by atoms with Gasteiger partial charge in [-0.3, -0.25) is 28.0 Å². The van der Waals surface area contributed by atoms with Gasteiger partial charge in [0.15, 0.2) is 22.8 Å². The number of rotatable bonds is 35. The number of imidazole rings is 1. The second-order valence-corrected chi connectivity index (χ2v) is 21.8. The molecule has 10 N–H and O–H groups in total. The van der Waals surface area contributed by atoms with Crippen LogP contribution in [0.2, 0.25) is 0 Å². The van der Waals surface area contributed by atoms with Crippen LogP contribution in [0.1, 0.15) is 123 Å². The van der Waals surface area contributed by atoms with Crippen molar-refractivity contribution in [2.45, 2.75) is 148 Å². The maximum atomic E-state index is 12.8. The van der Waals surface area contributed by atoms with E-state index in [4.69, 9.17) is 19.9 Å². The number of amides is 2. The van der Waals surface area contributed by atoms with Crippen molar-refractivity contribution in [3.8, 4) is 0 Å². The summed E-state index contributed by atoms with van der Waals surface area (Å²) in [6.07, 6.45) is 9.41. The zero-order valence-electron chi connectivity index (χ0n) is 37.8. The van der Waals surface area contributed by atoms with Crippen molar-refractivity contribution < 1.29 is 90.6 Å². The molecule has 30 heteroatoms. The lowest BCUT2D eigenvalue weighted by molar-refractivity contribution is -0.273. The van der Waals surface area contributed by atoms with E-state index in [2.05, 4.69) is 50.7 Å². The van der Waals surface area contributed by atoms with Gasteiger partial charge < -0.3 is 46.0 Å². The molecule has 0 aromatic carbocycles. The molecule has 1 saturated heterocycles. The van der Waals surface area contributed by atoms with Gasteiger partial charge in [-0.2, -0.15) is 4.31 Å². The quantitative estimate of drug-likeness (QED) is 0.0197. The first-order chi connectivity index (χ1) is 31.6. The monoisotopic (exact) mass is 1040 g/mol. The molecule has 2 aromatic heterocycles. The average Bonchev–Trinajstić information content (AvgIpc) is 3.82. The fraction of sp³-hybridized carbons (Fsp3) is 0.784. The molecule has 7 unspecified atom stereocenters. The fourth-order valence-corrected chi connectivity index (χ4v) is 9.93. The predicted octanol–water partition coefficient (Wildman–Crippen LogP) is 4.57. The van der Waals surface area contributed by atoms with Crippen molar-refractivity contribution in [3.05, 3.63) is 12.7 Å². The van der Waals surface area contributed by atoms with Crippen LogP contribution in [-0.4, -0.2) is 123 Å². The number of nitrogens with zero attached hydrogens (tertiary/aromatic N) is 4. The third kappa shape index (κ3) is 21.2. The maximum Gasteiger partial charge on any atom is 0.538 e. The number of unbranched alkanes of at least 4 members (excludes halogenated alkanes) is 12. The van der Waals surface area contributed by atoms with Gasteiger partial charge >= 0.3 is 23.5 Å². The number of nitrogen functional groups attached to an aromatic ring is 1. The lowest BCUT2D eigenvalue weighted by Gasteiger charge is -2.28. The molecule has 1 aliphatic heterocycles. The van der Waals surface area contributed by atoms with Gasteiger partial charge in [-0.25, -0.2) is 38.8 Å². The molecule has 7 atom stereocenters. The molecule has 67 heavy (non-hydrogen) atoms. The highest BCUT2D eigenvalue weighted by atomic mass is 32.2. The third-order valence-electron chi connectivity index (χ3n) is 10.3. The number of phosphoric acid groups is 3. The number of carbonyl (C=O) groups excluding carboxylic acids is 3. The van der Waals surface area contributed by atoms with Gasteiger partial charge in [0.1, 0.15) is 36.3 Å². The number of fused-ring (bicyclic) bond motifs is 1. The van der Waals surface area contributed by atoms with E-state index < -0.39 is 84.6 Å². The molecule has 0 radical (unpaired) electrons. The Kier molecular flexibility index (Phi) is 25.4. The second kappa shape index (κ2) is 29.0. The number of nitrogens with one attached hydrogen (secondary N) is 2. The Labute approximate surface area is 392 Å². The van der Waals surface area contributed by atoms with E-state index in [9.17, 15) is 58.2 Å². The fourth-order valence-electron chi connectivity index (χ4n) is 6.66.